The normalized spacial score (nSPS) is 18.2. The fraction of sp³-hybridized carbons (Fsp3) is 0.318. The molecule has 4 rings (SSSR count). The molecule has 0 radical (unpaired) electrons. The Labute approximate surface area is 200 Å². The third kappa shape index (κ3) is 6.21. The van der Waals surface area contributed by atoms with Crippen LogP contribution in [0.5, 0.6) is 5.75 Å². The Hall–Kier alpha value is -3.70. The van der Waals surface area contributed by atoms with E-state index in [0.717, 1.165) is 12.1 Å². The van der Waals surface area contributed by atoms with Gasteiger partial charge in [-0.1, -0.05) is 11.6 Å². The van der Waals surface area contributed by atoms with Gasteiger partial charge in [-0.3, -0.25) is 20.0 Å². The Kier molecular flexibility index (Phi) is 7.55. The number of anilines is 2. The molecule has 34 heavy (non-hydrogen) atoms. The first-order valence-corrected chi connectivity index (χ1v) is 11.0. The van der Waals surface area contributed by atoms with Crippen LogP contribution in [0.4, 0.5) is 16.4 Å². The van der Waals surface area contributed by atoms with Crippen molar-refractivity contribution in [2.45, 2.75) is 18.4 Å². The molecule has 1 aliphatic heterocycles. The van der Waals surface area contributed by atoms with E-state index in [1.165, 1.54) is 0 Å². The van der Waals surface area contributed by atoms with E-state index >= 15 is 0 Å². The van der Waals surface area contributed by atoms with E-state index in [1.54, 1.807) is 37.6 Å². The molecule has 3 N–H and O–H groups in total. The zero-order chi connectivity index (χ0) is 23.9. The Balaban J connectivity index is 1.43. The largest absolute Gasteiger partial charge is 0.495 e. The molecule has 2 aromatic heterocycles. The van der Waals surface area contributed by atoms with Crippen LogP contribution in [0.15, 0.2) is 53.5 Å². The molecule has 0 saturated carbocycles. The minimum absolute atomic E-state index is 0.119. The third-order valence-corrected chi connectivity index (χ3v) is 5.72. The molecule has 0 unspecified atom stereocenters. The molecule has 12 heteroatoms. The summed E-state index contributed by atoms with van der Waals surface area (Å²) in [5.74, 6) is 0.359. The van der Waals surface area contributed by atoms with E-state index in [1.807, 2.05) is 17.0 Å². The molecule has 11 nitrogen and oxygen atoms in total. The number of nitrogens with zero attached hydrogens (tertiary/aromatic N) is 4. The van der Waals surface area contributed by atoms with E-state index < -0.39 is 0 Å². The first kappa shape index (κ1) is 23.5. The third-order valence-electron chi connectivity index (χ3n) is 5.47. The van der Waals surface area contributed by atoms with Gasteiger partial charge in [0.2, 0.25) is 12.3 Å². The summed E-state index contributed by atoms with van der Waals surface area (Å²) in [7, 11) is 1.58. The van der Waals surface area contributed by atoms with Gasteiger partial charge < -0.3 is 19.9 Å². The second-order valence-electron chi connectivity index (χ2n) is 7.77. The molecule has 1 aromatic carbocycles. The van der Waals surface area contributed by atoms with Crippen LogP contribution in [0, 0.1) is 0 Å². The van der Waals surface area contributed by atoms with Gasteiger partial charge in [0, 0.05) is 41.5 Å². The van der Waals surface area contributed by atoms with Crippen molar-refractivity contribution in [3.05, 3.63) is 59.7 Å². The smallest absolute Gasteiger partial charge is 0.319 e. The van der Waals surface area contributed by atoms with Crippen molar-refractivity contribution in [3.8, 4) is 5.75 Å². The molecule has 178 valence electrons. The molecular weight excluding hydrogens is 462 g/mol. The summed E-state index contributed by atoms with van der Waals surface area (Å²) >= 11 is 5.91. The van der Waals surface area contributed by atoms with Crippen LogP contribution in [0.1, 0.15) is 18.0 Å². The van der Waals surface area contributed by atoms with Crippen molar-refractivity contribution in [3.63, 3.8) is 0 Å². The highest BCUT2D eigenvalue weighted by Gasteiger charge is 2.33. The molecule has 3 amide bonds. The van der Waals surface area contributed by atoms with Crippen molar-refractivity contribution in [2.75, 3.05) is 37.4 Å². The molecule has 1 saturated heterocycles. The topological polar surface area (TPSA) is 135 Å². The maximum Gasteiger partial charge on any atom is 0.319 e. The number of rotatable bonds is 7. The van der Waals surface area contributed by atoms with E-state index in [2.05, 4.69) is 35.6 Å². The lowest BCUT2D eigenvalue weighted by molar-refractivity contribution is -0.117. The standard InChI is InChI=1S/C22H24ClN7O4/c1-33-16-6-7-18(24-10-16)17-11-30(12-20(31)28-21-25-13-34-29-21)9-8-19(17)27-22(32)26-15-4-2-14(23)3-5-15/h2-7,10,13,17,19H,8-9,11-12H2,1H3,(H2,26,27,32)(H,28,29,31)/t17-,19+/m0/s1. The predicted molar refractivity (Wildman–Crippen MR) is 125 cm³/mol. The van der Waals surface area contributed by atoms with Crippen LogP contribution in [0.3, 0.4) is 0 Å². The Morgan fingerprint density at radius 2 is 2.00 bits per heavy atom. The highest BCUT2D eigenvalue weighted by molar-refractivity contribution is 6.30. The first-order chi connectivity index (χ1) is 16.5. The number of piperidine rings is 1. The molecule has 3 aromatic rings. The van der Waals surface area contributed by atoms with Gasteiger partial charge in [0.15, 0.2) is 0 Å². The molecule has 1 fully saturated rings. The van der Waals surface area contributed by atoms with Crippen LogP contribution in [-0.4, -0.2) is 64.7 Å². The van der Waals surface area contributed by atoms with Gasteiger partial charge in [-0.2, -0.15) is 4.98 Å². The van der Waals surface area contributed by atoms with Crippen LogP contribution >= 0.6 is 11.6 Å². The SMILES string of the molecule is COc1ccc([C@@H]2CN(CC(=O)Nc3ncon3)CC[C@H]2NC(=O)Nc2ccc(Cl)cc2)nc1. The summed E-state index contributed by atoms with van der Waals surface area (Å²) in [6.45, 7) is 1.27. The van der Waals surface area contributed by atoms with E-state index in [4.69, 9.17) is 16.3 Å². The number of pyridine rings is 1. The number of amides is 3. The van der Waals surface area contributed by atoms with Crippen molar-refractivity contribution in [1.82, 2.24) is 25.3 Å². The molecule has 1 aliphatic rings. The fourth-order valence-electron chi connectivity index (χ4n) is 3.83. The molecule has 0 spiro atoms. The van der Waals surface area contributed by atoms with E-state index in [-0.39, 0.29) is 36.4 Å². The summed E-state index contributed by atoms with van der Waals surface area (Å²) in [6, 6.07) is 10.1. The van der Waals surface area contributed by atoms with Crippen LogP contribution < -0.4 is 20.7 Å². The number of carbonyl (C=O) groups excluding carboxylic acids is 2. The van der Waals surface area contributed by atoms with Gasteiger partial charge in [0.05, 0.1) is 19.9 Å². The maximum atomic E-state index is 12.7. The van der Waals surface area contributed by atoms with Crippen LogP contribution in [0.25, 0.3) is 0 Å². The Bertz CT molecular complexity index is 1090. The number of nitrogens with one attached hydrogen (secondary N) is 3. The first-order valence-electron chi connectivity index (χ1n) is 10.6. The number of likely N-dealkylation sites (tertiary alicyclic amines) is 1. The molecule has 0 bridgehead atoms. The zero-order valence-corrected chi connectivity index (χ0v) is 19.2. The number of carbonyl (C=O) groups is 2. The number of benzene rings is 1. The molecule has 3 heterocycles. The lowest BCUT2D eigenvalue weighted by Gasteiger charge is -2.38. The van der Waals surface area contributed by atoms with Gasteiger partial charge in [-0.25, -0.2) is 4.79 Å². The number of methoxy groups -OCH3 is 1. The lowest BCUT2D eigenvalue weighted by atomic mass is 9.88. The van der Waals surface area contributed by atoms with E-state index in [9.17, 15) is 9.59 Å². The summed E-state index contributed by atoms with van der Waals surface area (Å²) in [6.07, 6.45) is 3.41. The van der Waals surface area contributed by atoms with E-state index in [0.29, 0.717) is 36.0 Å². The summed E-state index contributed by atoms with van der Waals surface area (Å²) < 4.78 is 9.85. The Morgan fingerprint density at radius 1 is 1.18 bits per heavy atom. The second kappa shape index (κ2) is 10.9. The summed E-state index contributed by atoms with van der Waals surface area (Å²) in [5.41, 5.74) is 1.43. The van der Waals surface area contributed by atoms with Crippen LogP contribution in [0.2, 0.25) is 5.02 Å². The van der Waals surface area contributed by atoms with Crippen molar-refractivity contribution in [2.24, 2.45) is 0 Å². The average Bonchev–Trinajstić information content (AvgIpc) is 3.34. The van der Waals surface area contributed by atoms with Gasteiger partial charge in [0.25, 0.3) is 5.95 Å². The van der Waals surface area contributed by atoms with Gasteiger partial charge in [-0.15, -0.1) is 0 Å². The highest BCUT2D eigenvalue weighted by atomic mass is 35.5. The number of hydrogen-bond donors (Lipinski definition) is 3. The molecule has 0 aliphatic carbocycles. The number of aromatic nitrogens is 3. The minimum atomic E-state index is -0.325. The molecular formula is C22H24ClN7O4. The number of urea groups is 1. The van der Waals surface area contributed by atoms with Gasteiger partial charge in [-0.05, 0) is 48.0 Å². The average molecular weight is 486 g/mol. The highest BCUT2D eigenvalue weighted by Crippen LogP contribution is 2.27. The van der Waals surface area contributed by atoms with Gasteiger partial charge >= 0.3 is 6.03 Å². The second-order valence-corrected chi connectivity index (χ2v) is 8.20. The monoisotopic (exact) mass is 485 g/mol. The van der Waals surface area contributed by atoms with Crippen molar-refractivity contribution in [1.29, 1.82) is 0 Å². The quantitative estimate of drug-likeness (QED) is 0.465. The summed E-state index contributed by atoms with van der Waals surface area (Å²) in [4.78, 5) is 35.4. The number of hydrogen-bond acceptors (Lipinski definition) is 8. The Morgan fingerprint density at radius 3 is 2.68 bits per heavy atom. The molecule has 2 atom stereocenters. The van der Waals surface area contributed by atoms with Gasteiger partial charge in [0.1, 0.15) is 5.75 Å². The maximum absolute atomic E-state index is 12.7. The summed E-state index contributed by atoms with van der Waals surface area (Å²) in [5, 5.41) is 12.7. The lowest BCUT2D eigenvalue weighted by Crippen LogP contribution is -2.52. The number of ether oxygens (including phenoxy) is 1. The van der Waals surface area contributed by atoms with Crippen molar-refractivity contribution >= 4 is 35.2 Å². The fourth-order valence-corrected chi connectivity index (χ4v) is 3.96. The minimum Gasteiger partial charge on any atom is -0.495 e. The van der Waals surface area contributed by atoms with Crippen molar-refractivity contribution < 1.29 is 18.8 Å². The van der Waals surface area contributed by atoms with Crippen LogP contribution in [-0.2, 0) is 4.79 Å². The zero-order valence-electron chi connectivity index (χ0n) is 18.4. The predicted octanol–water partition coefficient (Wildman–Crippen LogP) is 2.74. The number of halogens is 1.